The van der Waals surface area contributed by atoms with Gasteiger partial charge in [-0.15, -0.1) is 0 Å². The Morgan fingerprint density at radius 1 is 1.03 bits per heavy atom. The molecule has 2 saturated heterocycles. The van der Waals surface area contributed by atoms with E-state index < -0.39 is 29.9 Å². The highest BCUT2D eigenvalue weighted by Gasteiger charge is 2.48. The summed E-state index contributed by atoms with van der Waals surface area (Å²) in [6, 6.07) is 8.33. The molecule has 2 aliphatic heterocycles. The van der Waals surface area contributed by atoms with E-state index in [0.29, 0.717) is 24.0 Å². The van der Waals surface area contributed by atoms with Crippen molar-refractivity contribution in [1.82, 2.24) is 15.3 Å². The zero-order chi connectivity index (χ0) is 23.7. The number of nitrogens with zero attached hydrogens (tertiary/aromatic N) is 2. The maximum atomic E-state index is 12.9. The molecule has 0 spiro atoms. The standard InChI is InChI=1S/C22H20F3N5O4/c23-22(24,25)12-3-1-4-13(9-12)27-21(31)30-16-11-34-18-15(10-33-19(16)18)29-20-26-7-6-14(28-20)17-5-2-8-32-17/h1-9,15-16,18-19H,10-11H2,(H,26,28,29)(H2,27,30,31)/t15-,16-,18+,19+/m0/s1. The third-order valence-electron chi connectivity index (χ3n) is 5.56. The number of benzene rings is 1. The number of furan rings is 1. The molecule has 178 valence electrons. The largest absolute Gasteiger partial charge is 0.463 e. The third kappa shape index (κ3) is 4.68. The Morgan fingerprint density at radius 3 is 2.59 bits per heavy atom. The summed E-state index contributed by atoms with van der Waals surface area (Å²) in [6.07, 6.45) is -2.13. The first-order chi connectivity index (χ1) is 16.4. The minimum Gasteiger partial charge on any atom is -0.463 e. The normalized spacial score (nSPS) is 24.0. The number of amides is 2. The number of hydrogen-bond acceptors (Lipinski definition) is 7. The Morgan fingerprint density at radius 2 is 1.82 bits per heavy atom. The van der Waals surface area contributed by atoms with Crippen LogP contribution in [0.1, 0.15) is 5.56 Å². The fourth-order valence-electron chi connectivity index (χ4n) is 4.01. The van der Waals surface area contributed by atoms with Crippen molar-refractivity contribution in [3.63, 3.8) is 0 Å². The molecule has 2 aliphatic rings. The van der Waals surface area contributed by atoms with Crippen molar-refractivity contribution < 1.29 is 31.9 Å². The van der Waals surface area contributed by atoms with Crippen molar-refractivity contribution >= 4 is 17.7 Å². The molecule has 4 atom stereocenters. The van der Waals surface area contributed by atoms with Gasteiger partial charge in [0, 0.05) is 11.9 Å². The van der Waals surface area contributed by atoms with Crippen molar-refractivity contribution in [2.45, 2.75) is 30.5 Å². The number of urea groups is 1. The van der Waals surface area contributed by atoms with Gasteiger partial charge in [0.25, 0.3) is 0 Å². The summed E-state index contributed by atoms with van der Waals surface area (Å²) in [7, 11) is 0. The summed E-state index contributed by atoms with van der Waals surface area (Å²) in [4.78, 5) is 21.1. The van der Waals surface area contributed by atoms with E-state index in [0.717, 1.165) is 12.1 Å². The number of carbonyl (C=O) groups is 1. The number of aromatic nitrogens is 2. The van der Waals surface area contributed by atoms with Gasteiger partial charge in [0.2, 0.25) is 5.95 Å². The van der Waals surface area contributed by atoms with Gasteiger partial charge in [-0.25, -0.2) is 14.8 Å². The number of hydrogen-bond donors (Lipinski definition) is 3. The molecule has 3 N–H and O–H groups in total. The molecule has 0 unspecified atom stereocenters. The highest BCUT2D eigenvalue weighted by Crippen LogP contribution is 2.31. The van der Waals surface area contributed by atoms with Crippen LogP contribution >= 0.6 is 0 Å². The van der Waals surface area contributed by atoms with Crippen molar-refractivity contribution in [3.8, 4) is 11.5 Å². The number of nitrogens with one attached hydrogen (secondary N) is 3. The van der Waals surface area contributed by atoms with Crippen LogP contribution in [0.15, 0.2) is 59.3 Å². The molecular formula is C22H20F3N5O4. The first-order valence-corrected chi connectivity index (χ1v) is 10.5. The van der Waals surface area contributed by atoms with Crippen LogP contribution in [0.5, 0.6) is 0 Å². The zero-order valence-electron chi connectivity index (χ0n) is 17.6. The van der Waals surface area contributed by atoms with E-state index in [2.05, 4.69) is 25.9 Å². The second-order valence-corrected chi connectivity index (χ2v) is 7.87. The van der Waals surface area contributed by atoms with Crippen LogP contribution in [0.25, 0.3) is 11.5 Å². The van der Waals surface area contributed by atoms with Crippen LogP contribution in [-0.2, 0) is 15.7 Å². The van der Waals surface area contributed by atoms with Crippen molar-refractivity contribution in [2.24, 2.45) is 0 Å². The highest BCUT2D eigenvalue weighted by atomic mass is 19.4. The molecule has 0 saturated carbocycles. The molecule has 2 amide bonds. The van der Waals surface area contributed by atoms with E-state index in [1.54, 1.807) is 30.7 Å². The van der Waals surface area contributed by atoms with Crippen LogP contribution in [0, 0.1) is 0 Å². The number of carbonyl (C=O) groups excluding carboxylic acids is 1. The number of halogens is 3. The Balaban J connectivity index is 1.18. The SMILES string of the molecule is O=C(Nc1cccc(C(F)(F)F)c1)N[C@H]1CO[C@H]2[C@@H]1OC[C@@H]2Nc1nccc(-c2ccco2)n1. The molecule has 2 fully saturated rings. The molecule has 2 aromatic heterocycles. The summed E-state index contributed by atoms with van der Waals surface area (Å²) in [5, 5.41) is 8.34. The quantitative estimate of drug-likeness (QED) is 0.518. The van der Waals surface area contributed by atoms with E-state index in [-0.39, 0.29) is 24.4 Å². The van der Waals surface area contributed by atoms with Crippen LogP contribution in [0.2, 0.25) is 0 Å². The molecule has 9 nitrogen and oxygen atoms in total. The van der Waals surface area contributed by atoms with E-state index in [9.17, 15) is 18.0 Å². The smallest absolute Gasteiger partial charge is 0.416 e. The van der Waals surface area contributed by atoms with Gasteiger partial charge in [-0.3, -0.25) is 0 Å². The molecule has 34 heavy (non-hydrogen) atoms. The van der Waals surface area contributed by atoms with Crippen LogP contribution in [0.3, 0.4) is 0 Å². The molecule has 12 heteroatoms. The first kappa shape index (κ1) is 22.2. The molecule has 0 aliphatic carbocycles. The van der Waals surface area contributed by atoms with Gasteiger partial charge < -0.3 is 29.8 Å². The van der Waals surface area contributed by atoms with Gasteiger partial charge in [0.1, 0.15) is 17.9 Å². The summed E-state index contributed by atoms with van der Waals surface area (Å²) in [5.41, 5.74) is -0.194. The minimum atomic E-state index is -4.50. The Hall–Kier alpha value is -3.64. The number of alkyl halides is 3. The fourth-order valence-corrected chi connectivity index (χ4v) is 4.01. The van der Waals surface area contributed by atoms with Crippen LogP contribution < -0.4 is 16.0 Å². The predicted octanol–water partition coefficient (Wildman–Crippen LogP) is 3.52. The molecule has 0 bridgehead atoms. The lowest BCUT2D eigenvalue weighted by molar-refractivity contribution is -0.137. The first-order valence-electron chi connectivity index (χ1n) is 10.5. The summed E-state index contributed by atoms with van der Waals surface area (Å²) in [6.45, 7) is 0.494. The molecule has 1 aromatic carbocycles. The average Bonchev–Trinajstić information content (AvgIpc) is 3.54. The number of anilines is 2. The summed E-state index contributed by atoms with van der Waals surface area (Å²) < 4.78 is 55.7. The van der Waals surface area contributed by atoms with E-state index >= 15 is 0 Å². The number of fused-ring (bicyclic) bond motifs is 1. The van der Waals surface area contributed by atoms with Crippen LogP contribution in [0.4, 0.5) is 29.6 Å². The number of rotatable bonds is 5. The number of ether oxygens (including phenoxy) is 2. The zero-order valence-corrected chi connectivity index (χ0v) is 17.6. The summed E-state index contributed by atoms with van der Waals surface area (Å²) >= 11 is 0. The van der Waals surface area contributed by atoms with Gasteiger partial charge in [-0.05, 0) is 36.4 Å². The van der Waals surface area contributed by atoms with E-state index in [4.69, 9.17) is 13.9 Å². The van der Waals surface area contributed by atoms with Crippen molar-refractivity contribution in [2.75, 3.05) is 23.8 Å². The lowest BCUT2D eigenvalue weighted by atomic mass is 10.1. The summed E-state index contributed by atoms with van der Waals surface area (Å²) in [5.74, 6) is 0.990. The maximum absolute atomic E-state index is 12.9. The second-order valence-electron chi connectivity index (χ2n) is 7.87. The molecule has 3 aromatic rings. The van der Waals surface area contributed by atoms with Crippen LogP contribution in [-0.4, -0.2) is 53.5 Å². The molecule has 5 rings (SSSR count). The van der Waals surface area contributed by atoms with E-state index in [1.165, 1.54) is 12.1 Å². The Kier molecular flexibility index (Phi) is 5.84. The monoisotopic (exact) mass is 475 g/mol. The predicted molar refractivity (Wildman–Crippen MR) is 114 cm³/mol. The maximum Gasteiger partial charge on any atom is 0.416 e. The second kappa shape index (κ2) is 8.95. The fraction of sp³-hybridized carbons (Fsp3) is 0.318. The van der Waals surface area contributed by atoms with Gasteiger partial charge in [-0.1, -0.05) is 6.07 Å². The Labute approximate surface area is 191 Å². The van der Waals surface area contributed by atoms with Gasteiger partial charge in [-0.2, -0.15) is 13.2 Å². The third-order valence-corrected chi connectivity index (χ3v) is 5.56. The molecule has 4 heterocycles. The average molecular weight is 475 g/mol. The van der Waals surface area contributed by atoms with Gasteiger partial charge in [0.05, 0.1) is 37.1 Å². The van der Waals surface area contributed by atoms with Gasteiger partial charge >= 0.3 is 12.2 Å². The topological polar surface area (TPSA) is 111 Å². The van der Waals surface area contributed by atoms with Gasteiger partial charge in [0.15, 0.2) is 5.76 Å². The minimum absolute atomic E-state index is 0.0308. The lowest BCUT2D eigenvalue weighted by Crippen LogP contribution is -2.46. The molecule has 0 radical (unpaired) electrons. The van der Waals surface area contributed by atoms with Crippen molar-refractivity contribution in [3.05, 3.63) is 60.5 Å². The van der Waals surface area contributed by atoms with Crippen molar-refractivity contribution in [1.29, 1.82) is 0 Å². The molecular weight excluding hydrogens is 455 g/mol. The Bertz CT molecular complexity index is 1160. The highest BCUT2D eigenvalue weighted by molar-refractivity contribution is 5.89. The lowest BCUT2D eigenvalue weighted by Gasteiger charge is -2.19. The van der Waals surface area contributed by atoms with E-state index in [1.807, 2.05) is 0 Å².